The number of carbonyl (C=O) groups is 1. The number of carbonyl (C=O) groups excluding carboxylic acids is 1. The molecule has 2 aromatic carbocycles. The van der Waals surface area contributed by atoms with E-state index in [0.717, 1.165) is 59.9 Å². The maximum Gasteiger partial charge on any atom is 0.259 e. The number of anilines is 2. The van der Waals surface area contributed by atoms with Gasteiger partial charge in [-0.15, -0.1) is 0 Å². The fourth-order valence-corrected chi connectivity index (χ4v) is 3.79. The zero-order valence-electron chi connectivity index (χ0n) is 15.9. The first-order valence-corrected chi connectivity index (χ1v) is 9.84. The van der Waals surface area contributed by atoms with E-state index < -0.39 is 0 Å². The number of benzene rings is 2. The van der Waals surface area contributed by atoms with E-state index in [0.29, 0.717) is 5.56 Å². The summed E-state index contributed by atoms with van der Waals surface area (Å²) >= 11 is 0. The largest absolute Gasteiger partial charge is 0.356 e. The molecule has 29 heavy (non-hydrogen) atoms. The Labute approximate surface area is 168 Å². The Hall–Kier alpha value is -3.67. The number of hydrogen-bond donors (Lipinski definition) is 2. The van der Waals surface area contributed by atoms with E-state index in [9.17, 15) is 4.79 Å². The normalized spacial score (nSPS) is 13.7. The molecule has 3 heterocycles. The van der Waals surface area contributed by atoms with E-state index in [1.165, 1.54) is 0 Å². The third-order valence-electron chi connectivity index (χ3n) is 5.22. The van der Waals surface area contributed by atoms with Crippen LogP contribution < -0.4 is 10.2 Å². The molecule has 1 aliphatic heterocycles. The van der Waals surface area contributed by atoms with Crippen molar-refractivity contribution in [1.82, 2.24) is 15.0 Å². The van der Waals surface area contributed by atoms with Gasteiger partial charge in [-0.3, -0.25) is 4.79 Å². The van der Waals surface area contributed by atoms with Gasteiger partial charge in [-0.05, 0) is 49.2 Å². The lowest BCUT2D eigenvalue weighted by molar-refractivity contribution is 0.102. The Balaban J connectivity index is 1.41. The maximum absolute atomic E-state index is 13.0. The van der Waals surface area contributed by atoms with Crippen LogP contribution in [0.2, 0.25) is 0 Å². The number of H-pyrrole nitrogens is 1. The van der Waals surface area contributed by atoms with Crippen LogP contribution >= 0.6 is 0 Å². The van der Waals surface area contributed by atoms with Crippen molar-refractivity contribution in [2.45, 2.75) is 12.8 Å². The lowest BCUT2D eigenvalue weighted by atomic mass is 10.1. The average Bonchev–Trinajstić information content (AvgIpc) is 3.44. The van der Waals surface area contributed by atoms with Gasteiger partial charge in [-0.25, -0.2) is 9.97 Å². The highest BCUT2D eigenvalue weighted by Crippen LogP contribution is 2.25. The molecule has 0 saturated carbocycles. The quantitative estimate of drug-likeness (QED) is 0.545. The van der Waals surface area contributed by atoms with Crippen molar-refractivity contribution in [2.24, 2.45) is 0 Å². The molecule has 1 fully saturated rings. The number of nitrogens with zero attached hydrogens (tertiary/aromatic N) is 3. The van der Waals surface area contributed by atoms with Crippen LogP contribution in [0.4, 0.5) is 11.5 Å². The predicted octanol–water partition coefficient (Wildman–Crippen LogP) is 4.48. The van der Waals surface area contributed by atoms with Crippen LogP contribution in [0.5, 0.6) is 0 Å². The first-order valence-electron chi connectivity index (χ1n) is 9.84. The second kappa shape index (κ2) is 7.39. The van der Waals surface area contributed by atoms with Crippen molar-refractivity contribution in [3.05, 3.63) is 72.4 Å². The fourth-order valence-electron chi connectivity index (χ4n) is 3.79. The van der Waals surface area contributed by atoms with Crippen molar-refractivity contribution in [3.8, 4) is 11.4 Å². The molecule has 0 bridgehead atoms. The van der Waals surface area contributed by atoms with Crippen LogP contribution in [0, 0.1) is 0 Å². The van der Waals surface area contributed by atoms with Gasteiger partial charge in [0.15, 0.2) is 0 Å². The molecule has 0 radical (unpaired) electrons. The number of para-hydroxylation sites is 2. The molecule has 1 aliphatic rings. The van der Waals surface area contributed by atoms with Crippen LogP contribution in [0.1, 0.15) is 23.2 Å². The van der Waals surface area contributed by atoms with Gasteiger partial charge in [0.25, 0.3) is 5.91 Å². The third kappa shape index (κ3) is 3.45. The molecule has 6 nitrogen and oxygen atoms in total. The molecule has 4 aromatic rings. The van der Waals surface area contributed by atoms with E-state index in [1.807, 2.05) is 54.6 Å². The SMILES string of the molecule is O=C(Nc1cccc(-c2nc3ccccc3[nH]2)c1)c1cccnc1N1CCCC1. The standard InChI is InChI=1S/C23H21N5O/c29-23(18-9-6-12-24-22(18)28-13-3-4-14-28)25-17-8-5-7-16(15-17)21-26-19-10-1-2-11-20(19)27-21/h1-2,5-12,15H,3-4,13-14H2,(H,25,29)(H,26,27). The minimum Gasteiger partial charge on any atom is -0.356 e. The molecule has 0 unspecified atom stereocenters. The van der Waals surface area contributed by atoms with Gasteiger partial charge in [0, 0.05) is 30.5 Å². The highest BCUT2D eigenvalue weighted by molar-refractivity contribution is 6.07. The number of nitrogens with one attached hydrogen (secondary N) is 2. The number of rotatable bonds is 4. The molecule has 0 spiro atoms. The van der Waals surface area contributed by atoms with E-state index in [4.69, 9.17) is 0 Å². The first-order chi connectivity index (χ1) is 14.3. The minimum absolute atomic E-state index is 0.151. The summed E-state index contributed by atoms with van der Waals surface area (Å²) in [6.45, 7) is 1.89. The maximum atomic E-state index is 13.0. The topological polar surface area (TPSA) is 73.9 Å². The summed E-state index contributed by atoms with van der Waals surface area (Å²) in [6, 6.07) is 19.3. The smallest absolute Gasteiger partial charge is 0.259 e. The zero-order valence-corrected chi connectivity index (χ0v) is 15.9. The summed E-state index contributed by atoms with van der Waals surface area (Å²) in [5, 5.41) is 3.02. The molecule has 6 heteroatoms. The summed E-state index contributed by atoms with van der Waals surface area (Å²) in [5.41, 5.74) is 4.16. The van der Waals surface area contributed by atoms with E-state index >= 15 is 0 Å². The Kier molecular flexibility index (Phi) is 4.44. The van der Waals surface area contributed by atoms with Gasteiger partial charge in [-0.1, -0.05) is 24.3 Å². The van der Waals surface area contributed by atoms with Crippen LogP contribution in [-0.4, -0.2) is 33.9 Å². The summed E-state index contributed by atoms with van der Waals surface area (Å²) in [5.74, 6) is 1.39. The monoisotopic (exact) mass is 383 g/mol. The van der Waals surface area contributed by atoms with Crippen molar-refractivity contribution in [3.63, 3.8) is 0 Å². The highest BCUT2D eigenvalue weighted by Gasteiger charge is 2.20. The summed E-state index contributed by atoms with van der Waals surface area (Å²) in [7, 11) is 0. The van der Waals surface area contributed by atoms with Gasteiger partial charge in [0.05, 0.1) is 16.6 Å². The number of aromatic amines is 1. The number of imidazole rings is 1. The average molecular weight is 383 g/mol. The fraction of sp³-hybridized carbons (Fsp3) is 0.174. The second-order valence-electron chi connectivity index (χ2n) is 7.21. The summed E-state index contributed by atoms with van der Waals surface area (Å²) in [4.78, 5) is 27.6. The Morgan fingerprint density at radius 3 is 2.72 bits per heavy atom. The molecular formula is C23H21N5O. The van der Waals surface area contributed by atoms with E-state index in [1.54, 1.807) is 12.3 Å². The van der Waals surface area contributed by atoms with Crippen molar-refractivity contribution < 1.29 is 4.79 Å². The first kappa shape index (κ1) is 17.4. The predicted molar refractivity (Wildman–Crippen MR) is 115 cm³/mol. The number of amides is 1. The molecule has 0 aliphatic carbocycles. The minimum atomic E-state index is -0.151. The number of aromatic nitrogens is 3. The van der Waals surface area contributed by atoms with Crippen LogP contribution in [0.25, 0.3) is 22.4 Å². The van der Waals surface area contributed by atoms with Crippen molar-refractivity contribution >= 4 is 28.4 Å². The third-order valence-corrected chi connectivity index (χ3v) is 5.22. The second-order valence-corrected chi connectivity index (χ2v) is 7.21. The van der Waals surface area contributed by atoms with Crippen molar-refractivity contribution in [2.75, 3.05) is 23.3 Å². The number of pyridine rings is 1. The molecular weight excluding hydrogens is 362 g/mol. The Morgan fingerprint density at radius 1 is 1.00 bits per heavy atom. The van der Waals surface area contributed by atoms with Crippen LogP contribution in [-0.2, 0) is 0 Å². The molecule has 5 rings (SSSR count). The molecule has 1 saturated heterocycles. The molecule has 144 valence electrons. The van der Waals surface area contributed by atoms with Gasteiger partial charge in [-0.2, -0.15) is 0 Å². The summed E-state index contributed by atoms with van der Waals surface area (Å²) < 4.78 is 0. The molecule has 2 aromatic heterocycles. The molecule has 0 atom stereocenters. The summed E-state index contributed by atoms with van der Waals surface area (Å²) in [6.07, 6.45) is 4.01. The lowest BCUT2D eigenvalue weighted by Gasteiger charge is -2.19. The van der Waals surface area contributed by atoms with Gasteiger partial charge < -0.3 is 15.2 Å². The Morgan fingerprint density at radius 2 is 1.86 bits per heavy atom. The molecule has 1 amide bonds. The van der Waals surface area contributed by atoms with Crippen molar-refractivity contribution in [1.29, 1.82) is 0 Å². The zero-order chi connectivity index (χ0) is 19.6. The lowest BCUT2D eigenvalue weighted by Crippen LogP contribution is -2.24. The number of hydrogen-bond acceptors (Lipinski definition) is 4. The molecule has 2 N–H and O–H groups in total. The van der Waals surface area contributed by atoms with Crippen LogP contribution in [0.15, 0.2) is 66.9 Å². The van der Waals surface area contributed by atoms with E-state index in [2.05, 4.69) is 25.2 Å². The van der Waals surface area contributed by atoms with Crippen LogP contribution in [0.3, 0.4) is 0 Å². The van der Waals surface area contributed by atoms with Gasteiger partial charge in [0.1, 0.15) is 11.6 Å². The number of fused-ring (bicyclic) bond motifs is 1. The Bertz CT molecular complexity index is 1140. The van der Waals surface area contributed by atoms with E-state index in [-0.39, 0.29) is 5.91 Å². The van der Waals surface area contributed by atoms with Gasteiger partial charge >= 0.3 is 0 Å². The highest BCUT2D eigenvalue weighted by atomic mass is 16.1. The van der Waals surface area contributed by atoms with Gasteiger partial charge in [0.2, 0.25) is 0 Å².